The highest BCUT2D eigenvalue weighted by Gasteiger charge is 2.04. The molecule has 148 valence electrons. The van der Waals surface area contributed by atoms with Crippen molar-refractivity contribution >= 4 is 23.5 Å². The predicted molar refractivity (Wildman–Crippen MR) is 117 cm³/mol. The van der Waals surface area contributed by atoms with Gasteiger partial charge in [-0.25, -0.2) is 0 Å². The summed E-state index contributed by atoms with van der Waals surface area (Å²) in [5.41, 5.74) is 3.69. The Balaban J connectivity index is 1.49. The van der Waals surface area contributed by atoms with Gasteiger partial charge in [-0.05, 0) is 80.1 Å². The van der Waals surface area contributed by atoms with E-state index in [1.54, 1.807) is 6.21 Å². The molecule has 1 amide bonds. The van der Waals surface area contributed by atoms with Crippen LogP contribution in [0.25, 0.3) is 0 Å². The molecule has 0 spiro atoms. The van der Waals surface area contributed by atoms with Gasteiger partial charge in [0.2, 0.25) is 0 Å². The lowest BCUT2D eigenvalue weighted by Crippen LogP contribution is -2.20. The van der Waals surface area contributed by atoms with Gasteiger partial charge < -0.3 is 14.8 Å². The number of ether oxygens (including phenoxy) is 2. The predicted octanol–water partition coefficient (Wildman–Crippen LogP) is 5.16. The molecule has 0 saturated carbocycles. The monoisotopic (exact) mass is 388 g/mol. The number of carbonyl (C=O) groups excluding carboxylic acids is 1. The van der Waals surface area contributed by atoms with E-state index in [-0.39, 0.29) is 12.5 Å². The molecule has 0 aromatic heterocycles. The highest BCUT2D eigenvalue weighted by atomic mass is 16.5. The van der Waals surface area contributed by atoms with Crippen LogP contribution in [-0.2, 0) is 4.79 Å². The minimum atomic E-state index is -0.199. The maximum absolute atomic E-state index is 12.0. The molecule has 0 atom stereocenters. The van der Waals surface area contributed by atoms with Crippen LogP contribution in [0.2, 0.25) is 0 Å². The number of nitrogens with zero attached hydrogens (tertiary/aromatic N) is 1. The Kier molecular flexibility index (Phi) is 7.00. The first-order valence-corrected chi connectivity index (χ1v) is 9.48. The lowest BCUT2D eigenvalue weighted by atomic mass is 10.2. The molecule has 3 rings (SSSR count). The molecular formula is C24H24N2O3. The second kappa shape index (κ2) is 10.1. The number of hydrogen-bond acceptors (Lipinski definition) is 4. The Morgan fingerprint density at radius 1 is 0.897 bits per heavy atom. The number of carbonyl (C=O) groups is 1. The summed E-state index contributed by atoms with van der Waals surface area (Å²) in [6.45, 7) is 4.55. The Bertz CT molecular complexity index is 947. The lowest BCUT2D eigenvalue weighted by molar-refractivity contribution is -0.118. The van der Waals surface area contributed by atoms with Crippen molar-refractivity contribution in [1.29, 1.82) is 0 Å². The van der Waals surface area contributed by atoms with Crippen molar-refractivity contribution in [1.82, 2.24) is 0 Å². The number of nitrogens with one attached hydrogen (secondary N) is 1. The zero-order chi connectivity index (χ0) is 20.5. The maximum Gasteiger partial charge on any atom is 0.262 e. The van der Waals surface area contributed by atoms with E-state index < -0.39 is 0 Å². The SMILES string of the molecule is CCOc1ccc(N=Cc2ccc(OCC(=O)Nc3ccc(C)cc3)cc2)cc1. The molecule has 5 heteroatoms. The molecule has 29 heavy (non-hydrogen) atoms. The lowest BCUT2D eigenvalue weighted by Gasteiger charge is -2.08. The van der Waals surface area contributed by atoms with Gasteiger partial charge in [0.1, 0.15) is 11.5 Å². The van der Waals surface area contributed by atoms with Crippen molar-refractivity contribution in [3.63, 3.8) is 0 Å². The van der Waals surface area contributed by atoms with Gasteiger partial charge in [0, 0.05) is 11.9 Å². The number of benzene rings is 3. The number of amides is 1. The summed E-state index contributed by atoms with van der Waals surface area (Å²) in [7, 11) is 0. The van der Waals surface area contributed by atoms with E-state index in [0.717, 1.165) is 28.3 Å². The van der Waals surface area contributed by atoms with Gasteiger partial charge in [0.05, 0.1) is 12.3 Å². The van der Waals surface area contributed by atoms with Gasteiger partial charge in [0.25, 0.3) is 5.91 Å². The van der Waals surface area contributed by atoms with E-state index >= 15 is 0 Å². The van der Waals surface area contributed by atoms with E-state index in [0.29, 0.717) is 12.4 Å². The summed E-state index contributed by atoms with van der Waals surface area (Å²) in [5.74, 6) is 1.26. The normalized spacial score (nSPS) is 10.7. The Hall–Kier alpha value is -3.60. The number of aliphatic imine (C=N–C) groups is 1. The van der Waals surface area contributed by atoms with Gasteiger partial charge in [-0.15, -0.1) is 0 Å². The molecule has 0 aliphatic rings. The summed E-state index contributed by atoms with van der Waals surface area (Å²) in [6, 6.07) is 22.7. The molecule has 3 aromatic rings. The molecule has 0 bridgehead atoms. The topological polar surface area (TPSA) is 59.9 Å². The average molecular weight is 388 g/mol. The third-order valence-corrected chi connectivity index (χ3v) is 4.10. The summed E-state index contributed by atoms with van der Waals surface area (Å²) in [5, 5.41) is 2.81. The molecule has 0 aliphatic carbocycles. The van der Waals surface area contributed by atoms with Crippen LogP contribution in [0.15, 0.2) is 77.8 Å². The van der Waals surface area contributed by atoms with Crippen LogP contribution in [-0.4, -0.2) is 25.3 Å². The van der Waals surface area contributed by atoms with Crippen LogP contribution >= 0.6 is 0 Å². The smallest absolute Gasteiger partial charge is 0.262 e. The third kappa shape index (κ3) is 6.50. The summed E-state index contributed by atoms with van der Waals surface area (Å²) < 4.78 is 11.0. The van der Waals surface area contributed by atoms with E-state index in [1.807, 2.05) is 86.6 Å². The van der Waals surface area contributed by atoms with Crippen LogP contribution in [0.5, 0.6) is 11.5 Å². The van der Waals surface area contributed by atoms with Crippen molar-refractivity contribution in [2.24, 2.45) is 4.99 Å². The minimum absolute atomic E-state index is 0.0481. The molecule has 0 aliphatic heterocycles. The Labute approximate surface area is 171 Å². The molecule has 0 radical (unpaired) electrons. The Morgan fingerprint density at radius 2 is 1.52 bits per heavy atom. The fraction of sp³-hybridized carbons (Fsp3) is 0.167. The van der Waals surface area contributed by atoms with Gasteiger partial charge in [0.15, 0.2) is 6.61 Å². The maximum atomic E-state index is 12.0. The molecule has 1 N–H and O–H groups in total. The molecular weight excluding hydrogens is 364 g/mol. The van der Waals surface area contributed by atoms with Crippen LogP contribution < -0.4 is 14.8 Å². The van der Waals surface area contributed by atoms with E-state index in [4.69, 9.17) is 9.47 Å². The number of anilines is 1. The van der Waals surface area contributed by atoms with Crippen molar-refractivity contribution in [3.8, 4) is 11.5 Å². The first kappa shape index (κ1) is 20.1. The quantitative estimate of drug-likeness (QED) is 0.542. The van der Waals surface area contributed by atoms with E-state index in [9.17, 15) is 4.79 Å². The van der Waals surface area contributed by atoms with Crippen molar-refractivity contribution in [2.75, 3.05) is 18.5 Å². The molecule has 0 saturated heterocycles. The van der Waals surface area contributed by atoms with Crippen LogP contribution in [0.1, 0.15) is 18.1 Å². The highest BCUT2D eigenvalue weighted by Crippen LogP contribution is 2.18. The number of rotatable bonds is 8. The zero-order valence-electron chi connectivity index (χ0n) is 16.6. The largest absolute Gasteiger partial charge is 0.494 e. The van der Waals surface area contributed by atoms with Gasteiger partial charge in [-0.1, -0.05) is 17.7 Å². The van der Waals surface area contributed by atoms with E-state index in [1.165, 1.54) is 0 Å². The Morgan fingerprint density at radius 3 is 2.17 bits per heavy atom. The summed E-state index contributed by atoms with van der Waals surface area (Å²) >= 11 is 0. The van der Waals surface area contributed by atoms with Crippen molar-refractivity contribution < 1.29 is 14.3 Å². The second-order valence-corrected chi connectivity index (χ2v) is 6.46. The number of hydrogen-bond donors (Lipinski definition) is 1. The minimum Gasteiger partial charge on any atom is -0.494 e. The molecule has 0 fully saturated rings. The van der Waals surface area contributed by atoms with Crippen LogP contribution in [0.3, 0.4) is 0 Å². The average Bonchev–Trinajstić information content (AvgIpc) is 2.74. The fourth-order valence-corrected chi connectivity index (χ4v) is 2.58. The fourth-order valence-electron chi connectivity index (χ4n) is 2.58. The van der Waals surface area contributed by atoms with Crippen molar-refractivity contribution in [3.05, 3.63) is 83.9 Å². The van der Waals surface area contributed by atoms with Gasteiger partial charge in [-0.3, -0.25) is 9.79 Å². The van der Waals surface area contributed by atoms with Crippen LogP contribution in [0, 0.1) is 6.92 Å². The number of aryl methyl sites for hydroxylation is 1. The van der Waals surface area contributed by atoms with Crippen molar-refractivity contribution in [2.45, 2.75) is 13.8 Å². The molecule has 0 unspecified atom stereocenters. The highest BCUT2D eigenvalue weighted by molar-refractivity contribution is 5.91. The first-order valence-electron chi connectivity index (χ1n) is 9.48. The van der Waals surface area contributed by atoms with Crippen LogP contribution in [0.4, 0.5) is 11.4 Å². The standard InChI is InChI=1S/C24H24N2O3/c1-3-28-22-14-10-20(11-15-22)25-16-19-6-12-23(13-7-19)29-17-24(27)26-21-8-4-18(2)5-9-21/h4-16H,3,17H2,1-2H3,(H,26,27). The van der Waals surface area contributed by atoms with Gasteiger partial charge >= 0.3 is 0 Å². The third-order valence-electron chi connectivity index (χ3n) is 4.10. The molecule has 3 aromatic carbocycles. The molecule has 5 nitrogen and oxygen atoms in total. The zero-order valence-corrected chi connectivity index (χ0v) is 16.6. The first-order chi connectivity index (χ1) is 14.1. The summed E-state index contributed by atoms with van der Waals surface area (Å²) in [4.78, 5) is 16.4. The molecule has 0 heterocycles. The van der Waals surface area contributed by atoms with E-state index in [2.05, 4.69) is 10.3 Å². The van der Waals surface area contributed by atoms with Gasteiger partial charge in [-0.2, -0.15) is 0 Å². The second-order valence-electron chi connectivity index (χ2n) is 6.46. The summed E-state index contributed by atoms with van der Waals surface area (Å²) in [6.07, 6.45) is 1.78.